The van der Waals surface area contributed by atoms with E-state index in [-0.39, 0.29) is 24.1 Å². The molecular weight excluding hydrogens is 237 g/mol. The highest BCUT2D eigenvalue weighted by molar-refractivity contribution is 5.92. The summed E-state index contributed by atoms with van der Waals surface area (Å²) in [5.41, 5.74) is 0.509. The van der Waals surface area contributed by atoms with Crippen molar-refractivity contribution >= 4 is 17.6 Å². The van der Waals surface area contributed by atoms with Crippen LogP contribution in [0.25, 0.3) is 0 Å². The van der Waals surface area contributed by atoms with Crippen LogP contribution < -0.4 is 5.32 Å². The second-order valence-corrected chi connectivity index (χ2v) is 4.03. The standard InChI is InChI=1S/C13H16FNO3/c1-2-9(3-8-12(16)17)13(18)15-11-6-4-10(14)5-7-11/h4-7,9H,2-3,8H2,1H3,(H,15,18)(H,16,17). The fourth-order valence-electron chi connectivity index (χ4n) is 1.60. The van der Waals surface area contributed by atoms with Gasteiger partial charge in [0.25, 0.3) is 0 Å². The maximum atomic E-state index is 12.7. The van der Waals surface area contributed by atoms with E-state index in [1.807, 2.05) is 6.92 Å². The van der Waals surface area contributed by atoms with Gasteiger partial charge in [-0.25, -0.2) is 4.39 Å². The van der Waals surface area contributed by atoms with Gasteiger partial charge in [0, 0.05) is 18.0 Å². The maximum Gasteiger partial charge on any atom is 0.303 e. The van der Waals surface area contributed by atoms with Gasteiger partial charge < -0.3 is 10.4 Å². The number of carboxylic acid groups (broad SMARTS) is 1. The van der Waals surface area contributed by atoms with E-state index in [0.717, 1.165) is 0 Å². The summed E-state index contributed by atoms with van der Waals surface area (Å²) in [6.07, 6.45) is 0.842. The number of anilines is 1. The number of carboxylic acids is 1. The minimum absolute atomic E-state index is 0.0324. The Hall–Kier alpha value is -1.91. The summed E-state index contributed by atoms with van der Waals surface area (Å²) in [7, 11) is 0. The van der Waals surface area contributed by atoms with Crippen LogP contribution in [-0.2, 0) is 9.59 Å². The van der Waals surface area contributed by atoms with Crippen molar-refractivity contribution in [1.29, 1.82) is 0 Å². The summed E-state index contributed by atoms with van der Waals surface area (Å²) in [6, 6.07) is 5.45. The molecule has 0 aliphatic rings. The third kappa shape index (κ3) is 4.53. The molecule has 18 heavy (non-hydrogen) atoms. The lowest BCUT2D eigenvalue weighted by molar-refractivity contribution is -0.137. The molecule has 0 radical (unpaired) electrons. The Morgan fingerprint density at radius 1 is 1.33 bits per heavy atom. The van der Waals surface area contributed by atoms with Gasteiger partial charge >= 0.3 is 5.97 Å². The van der Waals surface area contributed by atoms with E-state index >= 15 is 0 Å². The SMILES string of the molecule is CCC(CCC(=O)O)C(=O)Nc1ccc(F)cc1. The lowest BCUT2D eigenvalue weighted by Crippen LogP contribution is -2.23. The molecule has 0 aromatic heterocycles. The average molecular weight is 253 g/mol. The van der Waals surface area contributed by atoms with Gasteiger partial charge in [-0.15, -0.1) is 0 Å². The lowest BCUT2D eigenvalue weighted by Gasteiger charge is -2.13. The van der Waals surface area contributed by atoms with Gasteiger partial charge in [0.05, 0.1) is 0 Å². The molecule has 1 unspecified atom stereocenters. The Morgan fingerprint density at radius 2 is 1.94 bits per heavy atom. The predicted octanol–water partition coefficient (Wildman–Crippen LogP) is 2.66. The second-order valence-electron chi connectivity index (χ2n) is 4.03. The molecule has 0 saturated carbocycles. The van der Waals surface area contributed by atoms with Crippen LogP contribution in [0.5, 0.6) is 0 Å². The molecule has 1 amide bonds. The molecule has 1 atom stereocenters. The topological polar surface area (TPSA) is 66.4 Å². The van der Waals surface area contributed by atoms with E-state index < -0.39 is 5.97 Å². The molecule has 2 N–H and O–H groups in total. The maximum absolute atomic E-state index is 12.7. The number of benzene rings is 1. The number of hydrogen-bond acceptors (Lipinski definition) is 2. The minimum Gasteiger partial charge on any atom is -0.481 e. The number of carbonyl (C=O) groups excluding carboxylic acids is 1. The van der Waals surface area contributed by atoms with Crippen molar-refractivity contribution in [2.45, 2.75) is 26.2 Å². The van der Waals surface area contributed by atoms with Crippen molar-refractivity contribution in [3.05, 3.63) is 30.1 Å². The number of hydrogen-bond donors (Lipinski definition) is 2. The van der Waals surface area contributed by atoms with Crippen LogP contribution in [-0.4, -0.2) is 17.0 Å². The highest BCUT2D eigenvalue weighted by Crippen LogP contribution is 2.15. The molecule has 0 aliphatic heterocycles. The summed E-state index contributed by atoms with van der Waals surface area (Å²) in [5.74, 6) is -1.86. The monoisotopic (exact) mass is 253 g/mol. The first-order valence-electron chi connectivity index (χ1n) is 5.81. The van der Waals surface area contributed by atoms with Gasteiger partial charge in [0.2, 0.25) is 5.91 Å². The summed E-state index contributed by atoms with van der Waals surface area (Å²) >= 11 is 0. The van der Waals surface area contributed by atoms with Gasteiger partial charge in [0.15, 0.2) is 0 Å². The Kier molecular flexibility index (Phi) is 5.30. The normalized spacial score (nSPS) is 11.9. The molecule has 0 aliphatic carbocycles. The summed E-state index contributed by atoms with van der Waals surface area (Å²) in [4.78, 5) is 22.3. The highest BCUT2D eigenvalue weighted by atomic mass is 19.1. The van der Waals surface area contributed by atoms with E-state index in [4.69, 9.17) is 5.11 Å². The molecule has 4 nitrogen and oxygen atoms in total. The van der Waals surface area contributed by atoms with Crippen molar-refractivity contribution in [2.75, 3.05) is 5.32 Å². The van der Waals surface area contributed by atoms with Crippen LogP contribution >= 0.6 is 0 Å². The van der Waals surface area contributed by atoms with Crippen molar-refractivity contribution in [2.24, 2.45) is 5.92 Å². The zero-order valence-electron chi connectivity index (χ0n) is 10.1. The second kappa shape index (κ2) is 6.74. The van der Waals surface area contributed by atoms with E-state index in [1.165, 1.54) is 24.3 Å². The smallest absolute Gasteiger partial charge is 0.303 e. The van der Waals surface area contributed by atoms with Gasteiger partial charge in [-0.05, 0) is 37.1 Å². The van der Waals surface area contributed by atoms with Crippen LogP contribution in [0.2, 0.25) is 0 Å². The number of rotatable bonds is 6. The molecule has 98 valence electrons. The van der Waals surface area contributed by atoms with Crippen molar-refractivity contribution in [3.8, 4) is 0 Å². The Morgan fingerprint density at radius 3 is 2.44 bits per heavy atom. The molecule has 0 spiro atoms. The lowest BCUT2D eigenvalue weighted by atomic mass is 9.99. The molecule has 1 aromatic rings. The van der Waals surface area contributed by atoms with Gasteiger partial charge in [0.1, 0.15) is 5.82 Å². The first-order chi connectivity index (χ1) is 8.52. The van der Waals surface area contributed by atoms with Crippen molar-refractivity contribution in [3.63, 3.8) is 0 Å². The van der Waals surface area contributed by atoms with E-state index in [9.17, 15) is 14.0 Å². The van der Waals surface area contributed by atoms with E-state index in [0.29, 0.717) is 18.5 Å². The largest absolute Gasteiger partial charge is 0.481 e. The number of amides is 1. The quantitative estimate of drug-likeness (QED) is 0.819. The molecule has 5 heteroatoms. The third-order valence-electron chi connectivity index (χ3n) is 2.68. The van der Waals surface area contributed by atoms with Crippen molar-refractivity contribution in [1.82, 2.24) is 0 Å². The molecule has 0 bridgehead atoms. The summed E-state index contributed by atoms with van der Waals surface area (Å²) in [6.45, 7) is 1.83. The summed E-state index contributed by atoms with van der Waals surface area (Å²) in [5, 5.41) is 11.2. The van der Waals surface area contributed by atoms with Crippen LogP contribution in [0, 0.1) is 11.7 Å². The van der Waals surface area contributed by atoms with Crippen LogP contribution in [0.4, 0.5) is 10.1 Å². The molecule has 1 rings (SSSR count). The Bertz CT molecular complexity index is 417. The van der Waals surface area contributed by atoms with Crippen molar-refractivity contribution < 1.29 is 19.1 Å². The zero-order chi connectivity index (χ0) is 13.5. The number of nitrogens with one attached hydrogen (secondary N) is 1. The van der Waals surface area contributed by atoms with E-state index in [1.54, 1.807) is 0 Å². The molecule has 1 aromatic carbocycles. The fourth-order valence-corrected chi connectivity index (χ4v) is 1.60. The third-order valence-corrected chi connectivity index (χ3v) is 2.68. The number of carbonyl (C=O) groups is 2. The van der Waals surface area contributed by atoms with Crippen LogP contribution in [0.1, 0.15) is 26.2 Å². The summed E-state index contributed by atoms with van der Waals surface area (Å²) < 4.78 is 12.7. The number of aliphatic carboxylic acids is 1. The first kappa shape index (κ1) is 14.2. The molecular formula is C13H16FNO3. The van der Waals surface area contributed by atoms with Gasteiger partial charge in [-0.1, -0.05) is 6.92 Å². The molecule has 0 saturated heterocycles. The van der Waals surface area contributed by atoms with E-state index in [2.05, 4.69) is 5.32 Å². The molecule has 0 fully saturated rings. The highest BCUT2D eigenvalue weighted by Gasteiger charge is 2.17. The Labute approximate surface area is 105 Å². The Balaban J connectivity index is 2.56. The number of halogens is 1. The molecule has 0 heterocycles. The van der Waals surface area contributed by atoms with Gasteiger partial charge in [-0.2, -0.15) is 0 Å². The minimum atomic E-state index is -0.914. The van der Waals surface area contributed by atoms with Crippen LogP contribution in [0.3, 0.4) is 0 Å². The zero-order valence-corrected chi connectivity index (χ0v) is 10.1. The average Bonchev–Trinajstić information content (AvgIpc) is 2.32. The first-order valence-corrected chi connectivity index (χ1v) is 5.81. The fraction of sp³-hybridized carbons (Fsp3) is 0.385. The van der Waals surface area contributed by atoms with Gasteiger partial charge in [-0.3, -0.25) is 9.59 Å². The predicted molar refractivity (Wildman–Crippen MR) is 65.7 cm³/mol. The van der Waals surface area contributed by atoms with Crippen LogP contribution in [0.15, 0.2) is 24.3 Å².